The summed E-state index contributed by atoms with van der Waals surface area (Å²) in [5.41, 5.74) is 4.90. The Morgan fingerprint density at radius 1 is 0.500 bits per heavy atom. The van der Waals surface area contributed by atoms with E-state index in [-0.39, 0.29) is 4.90 Å². The van der Waals surface area contributed by atoms with Crippen LogP contribution in [-0.2, 0) is 33.0 Å². The number of hydrogen-bond donors (Lipinski definition) is 0. The molecular weight excluding hydrogens is 629 g/mol. The molecule has 3 nitrogen and oxygen atoms in total. The van der Waals surface area contributed by atoms with E-state index in [9.17, 15) is 8.42 Å². The fraction of sp³-hybridized carbons (Fsp3) is 0.442. The molecule has 260 valence electrons. The average Bonchev–Trinajstić information content (AvgIpc) is 3.10. The molecule has 48 heavy (non-hydrogen) atoms. The summed E-state index contributed by atoms with van der Waals surface area (Å²) in [5, 5.41) is 0. The van der Waals surface area contributed by atoms with Crippen LogP contribution >= 0.6 is 10.3 Å². The molecule has 0 saturated carbocycles. The van der Waals surface area contributed by atoms with Gasteiger partial charge in [-0.25, -0.2) is 3.63 Å². The summed E-state index contributed by atoms with van der Waals surface area (Å²) in [5.74, 6) is 0. The van der Waals surface area contributed by atoms with Crippen molar-refractivity contribution in [3.05, 3.63) is 119 Å². The Kier molecular flexibility index (Phi) is 15.3. The van der Waals surface area contributed by atoms with Gasteiger partial charge in [0, 0.05) is 14.7 Å². The van der Waals surface area contributed by atoms with E-state index in [1.165, 1.54) is 68.1 Å². The number of hydrogen-bond acceptors (Lipinski definition) is 3. The van der Waals surface area contributed by atoms with Gasteiger partial charge in [-0.05, 0) is 109 Å². The molecule has 4 rings (SSSR count). The summed E-state index contributed by atoms with van der Waals surface area (Å²) in [6.45, 7) is 8.74. The molecule has 0 aliphatic carbocycles. The Hall–Kier alpha value is -2.86. The molecule has 0 bridgehead atoms. The number of rotatable bonds is 21. The first-order chi connectivity index (χ1) is 23.4. The molecule has 5 heteroatoms. The lowest BCUT2D eigenvalue weighted by molar-refractivity contribution is 0.507. The molecule has 0 amide bonds. The molecule has 0 radical (unpaired) electrons. The second kappa shape index (κ2) is 19.4. The second-order valence-corrected chi connectivity index (χ2v) is 17.6. The molecule has 0 N–H and O–H groups in total. The van der Waals surface area contributed by atoms with Crippen LogP contribution in [0.5, 0.6) is 0 Å². The molecule has 0 heterocycles. The van der Waals surface area contributed by atoms with E-state index in [4.69, 9.17) is 3.63 Å². The Labute approximate surface area is 294 Å². The molecule has 0 aliphatic rings. The van der Waals surface area contributed by atoms with Crippen molar-refractivity contribution >= 4 is 20.4 Å². The molecule has 4 aromatic carbocycles. The fourth-order valence-corrected chi connectivity index (χ4v) is 12.2. The number of aryl methyl sites for hydroxylation is 4. The second-order valence-electron chi connectivity index (χ2n) is 13.2. The van der Waals surface area contributed by atoms with Gasteiger partial charge in [0.05, 0.1) is 4.90 Å². The van der Waals surface area contributed by atoms with Crippen LogP contribution < -0.4 is 0 Å². The maximum Gasteiger partial charge on any atom is 0.307 e. The summed E-state index contributed by atoms with van der Waals surface area (Å²) in [4.78, 5) is 3.11. The van der Waals surface area contributed by atoms with Gasteiger partial charge in [-0.15, -0.1) is 0 Å². The highest BCUT2D eigenvalue weighted by molar-refractivity contribution is 8.33. The molecule has 4 aromatic rings. The highest BCUT2D eigenvalue weighted by Crippen LogP contribution is 2.72. The van der Waals surface area contributed by atoms with Crippen LogP contribution in [0.1, 0.15) is 120 Å². The van der Waals surface area contributed by atoms with Crippen molar-refractivity contribution in [3.63, 3.8) is 0 Å². The van der Waals surface area contributed by atoms with E-state index >= 15 is 0 Å². The van der Waals surface area contributed by atoms with Gasteiger partial charge in [0.2, 0.25) is 0 Å². The lowest BCUT2D eigenvalue weighted by atomic mass is 9.95. The summed E-state index contributed by atoms with van der Waals surface area (Å²) in [6.07, 6.45) is 16.9. The highest BCUT2D eigenvalue weighted by Gasteiger charge is 2.41. The fourth-order valence-electron chi connectivity index (χ4n) is 6.54. The van der Waals surface area contributed by atoms with Crippen LogP contribution in [0.2, 0.25) is 0 Å². The van der Waals surface area contributed by atoms with Gasteiger partial charge in [0.1, 0.15) is 0 Å². The minimum atomic E-state index is -4.16. The molecular formula is C43H58O3S2. The van der Waals surface area contributed by atoms with Crippen LogP contribution in [0, 0.1) is 6.92 Å². The molecule has 0 unspecified atom stereocenters. The van der Waals surface area contributed by atoms with E-state index in [1.807, 2.05) is 55.5 Å². The van der Waals surface area contributed by atoms with Gasteiger partial charge >= 0.3 is 10.1 Å². The third kappa shape index (κ3) is 10.1. The topological polar surface area (TPSA) is 43.4 Å². The Morgan fingerprint density at radius 2 is 0.938 bits per heavy atom. The Balaban J connectivity index is 2.04. The minimum Gasteiger partial charge on any atom is -0.203 e. The first-order valence-electron chi connectivity index (χ1n) is 18.5. The van der Waals surface area contributed by atoms with Gasteiger partial charge in [0.15, 0.2) is 0 Å². The zero-order valence-corrected chi connectivity index (χ0v) is 31.5. The SMILES string of the molecule is CCCCCCc1cc(CCCCCC)c(S(OS(=O)(=O)c2ccc(C)cc2)(c2ccccc2)c2ccccc2)c(CCCCCC)c1. The van der Waals surface area contributed by atoms with Crippen molar-refractivity contribution in [2.75, 3.05) is 0 Å². The normalized spacial score (nSPS) is 12.3. The number of unbranched alkanes of at least 4 members (excludes halogenated alkanes) is 9. The largest absolute Gasteiger partial charge is 0.307 e. The molecule has 0 spiro atoms. The quantitative estimate of drug-likeness (QED) is 0.0819. The monoisotopic (exact) mass is 686 g/mol. The van der Waals surface area contributed by atoms with Crippen LogP contribution in [0.4, 0.5) is 0 Å². The summed E-state index contributed by atoms with van der Waals surface area (Å²) < 4.78 is 36.1. The summed E-state index contributed by atoms with van der Waals surface area (Å²) in [7, 11) is -6.89. The van der Waals surface area contributed by atoms with E-state index < -0.39 is 20.4 Å². The zero-order chi connectivity index (χ0) is 34.2. The third-order valence-corrected chi connectivity index (χ3v) is 14.5. The maximum absolute atomic E-state index is 14.6. The van der Waals surface area contributed by atoms with Crippen molar-refractivity contribution < 1.29 is 12.0 Å². The predicted octanol–water partition coefficient (Wildman–Crippen LogP) is 13.0. The van der Waals surface area contributed by atoms with Gasteiger partial charge in [-0.1, -0.05) is 145 Å². The van der Waals surface area contributed by atoms with Crippen LogP contribution in [0.3, 0.4) is 0 Å². The van der Waals surface area contributed by atoms with Crippen LogP contribution in [0.25, 0.3) is 0 Å². The van der Waals surface area contributed by atoms with Crippen LogP contribution in [0.15, 0.2) is 117 Å². The Bertz CT molecular complexity index is 1540. The predicted molar refractivity (Wildman–Crippen MR) is 205 cm³/mol. The van der Waals surface area contributed by atoms with Crippen molar-refractivity contribution in [2.45, 2.75) is 144 Å². The van der Waals surface area contributed by atoms with E-state index in [0.29, 0.717) is 0 Å². The first-order valence-corrected chi connectivity index (χ1v) is 21.4. The van der Waals surface area contributed by atoms with Crippen molar-refractivity contribution in [1.82, 2.24) is 0 Å². The first kappa shape index (κ1) is 38.0. The minimum absolute atomic E-state index is 0.193. The smallest absolute Gasteiger partial charge is 0.203 e. The summed E-state index contributed by atoms with van der Waals surface area (Å²) in [6, 6.07) is 32.3. The van der Waals surface area contributed by atoms with Gasteiger partial charge in [0.25, 0.3) is 0 Å². The third-order valence-electron chi connectivity index (χ3n) is 9.16. The molecule has 0 aromatic heterocycles. The molecule has 0 saturated heterocycles. The van der Waals surface area contributed by atoms with E-state index in [1.54, 1.807) is 12.1 Å². The average molecular weight is 687 g/mol. The Morgan fingerprint density at radius 3 is 1.38 bits per heavy atom. The van der Waals surface area contributed by atoms with Gasteiger partial charge in [-0.3, -0.25) is 0 Å². The van der Waals surface area contributed by atoms with E-state index in [2.05, 4.69) is 57.2 Å². The maximum atomic E-state index is 14.6. The molecule has 0 atom stereocenters. The zero-order valence-electron chi connectivity index (χ0n) is 29.9. The van der Waals surface area contributed by atoms with Crippen molar-refractivity contribution in [3.8, 4) is 0 Å². The highest BCUT2D eigenvalue weighted by atomic mass is 32.3. The van der Waals surface area contributed by atoms with Crippen molar-refractivity contribution in [2.24, 2.45) is 0 Å². The van der Waals surface area contributed by atoms with Gasteiger partial charge < -0.3 is 0 Å². The van der Waals surface area contributed by atoms with Crippen LogP contribution in [-0.4, -0.2) is 8.42 Å². The van der Waals surface area contributed by atoms with E-state index in [0.717, 1.165) is 65.2 Å². The lowest BCUT2D eigenvalue weighted by Crippen LogP contribution is -2.18. The molecule has 0 aliphatic heterocycles. The summed E-state index contributed by atoms with van der Waals surface area (Å²) >= 11 is 0. The van der Waals surface area contributed by atoms with Crippen molar-refractivity contribution in [1.29, 1.82) is 0 Å². The number of benzene rings is 4. The molecule has 0 fully saturated rings. The lowest BCUT2D eigenvalue weighted by Gasteiger charge is -2.42. The standard InChI is InChI=1S/C43H58O3S2/c1-5-8-11-16-23-37-34-38(24-17-12-9-6-2)43(39(35-37)25-18-13-10-7-3)47(40-26-19-14-20-27-40,41-28-21-15-22-29-41)46-48(44,45)42-32-30-36(4)31-33-42/h14-15,19-22,26-35H,5-13,16-18,23-25H2,1-4H3. The van der Waals surface area contributed by atoms with Gasteiger partial charge in [-0.2, -0.15) is 8.42 Å².